The molecule has 0 amide bonds. The first kappa shape index (κ1) is 10.5. The first-order valence-electron chi connectivity index (χ1n) is 5.34. The SMILES string of the molecule is CCC1(C[I-]C)CCc2ccccc21. The van der Waals surface area contributed by atoms with Crippen LogP contribution in [0, 0.1) is 0 Å². The van der Waals surface area contributed by atoms with Crippen LogP contribution in [0.15, 0.2) is 24.3 Å². The van der Waals surface area contributed by atoms with Crippen LogP contribution in [0.25, 0.3) is 0 Å². The Kier molecular flexibility index (Phi) is 3.15. The Labute approximate surface area is 97.4 Å². The molecular weight excluding hydrogens is 283 g/mol. The van der Waals surface area contributed by atoms with Crippen molar-refractivity contribution in [3.8, 4) is 0 Å². The summed E-state index contributed by atoms with van der Waals surface area (Å²) in [4.78, 5) is 2.41. The Bertz CT molecular complexity index is 315. The topological polar surface area (TPSA) is 0 Å². The Morgan fingerprint density at radius 3 is 2.86 bits per heavy atom. The molecule has 1 atom stereocenters. The third-order valence-corrected chi connectivity index (χ3v) is 5.75. The van der Waals surface area contributed by atoms with Crippen LogP contribution in [0.1, 0.15) is 30.9 Å². The summed E-state index contributed by atoms with van der Waals surface area (Å²) < 4.78 is 1.47. The fraction of sp³-hybridized carbons (Fsp3) is 0.538. The first-order chi connectivity index (χ1) is 6.82. The van der Waals surface area contributed by atoms with E-state index in [4.69, 9.17) is 0 Å². The molecule has 0 saturated heterocycles. The average molecular weight is 301 g/mol. The second-order valence-corrected chi connectivity index (χ2v) is 6.48. The second-order valence-electron chi connectivity index (χ2n) is 4.19. The van der Waals surface area contributed by atoms with Crippen molar-refractivity contribution in [3.63, 3.8) is 0 Å². The number of fused-ring (bicyclic) bond motifs is 1. The summed E-state index contributed by atoms with van der Waals surface area (Å²) in [5.74, 6) is 0. The molecule has 1 aliphatic carbocycles. The number of rotatable bonds is 3. The maximum absolute atomic E-state index is 2.41. The molecule has 1 aromatic carbocycles. The molecule has 0 heterocycles. The van der Waals surface area contributed by atoms with E-state index in [1.807, 2.05) is 0 Å². The molecular formula is C13H18I-. The van der Waals surface area contributed by atoms with Crippen molar-refractivity contribution in [1.82, 2.24) is 0 Å². The van der Waals surface area contributed by atoms with Gasteiger partial charge in [0.15, 0.2) is 0 Å². The van der Waals surface area contributed by atoms with Crippen molar-refractivity contribution < 1.29 is 21.2 Å². The van der Waals surface area contributed by atoms with Gasteiger partial charge < -0.3 is 0 Å². The fourth-order valence-electron chi connectivity index (χ4n) is 2.62. The predicted molar refractivity (Wildman–Crippen MR) is 57.5 cm³/mol. The van der Waals surface area contributed by atoms with Crippen LogP contribution in [0.4, 0.5) is 0 Å². The summed E-state index contributed by atoms with van der Waals surface area (Å²) in [5, 5.41) is 0. The zero-order valence-electron chi connectivity index (χ0n) is 9.02. The van der Waals surface area contributed by atoms with Gasteiger partial charge in [0.2, 0.25) is 0 Å². The van der Waals surface area contributed by atoms with E-state index in [-0.39, 0.29) is 0 Å². The molecule has 0 fully saturated rings. The van der Waals surface area contributed by atoms with E-state index in [0.717, 1.165) is 0 Å². The van der Waals surface area contributed by atoms with Gasteiger partial charge in [-0.05, 0) is 0 Å². The summed E-state index contributed by atoms with van der Waals surface area (Å²) >= 11 is 0.412. The van der Waals surface area contributed by atoms with Gasteiger partial charge in [-0.1, -0.05) is 0 Å². The molecule has 1 aliphatic rings. The summed E-state index contributed by atoms with van der Waals surface area (Å²) in [5.41, 5.74) is 3.86. The summed E-state index contributed by atoms with van der Waals surface area (Å²) in [6.45, 7) is 2.36. The standard InChI is InChI=1S/C13H18I/c1-3-13(10-14-2)9-8-11-6-4-5-7-12(11)13/h4-7H,3,8-10H2,1-2H3/q-1. The monoisotopic (exact) mass is 301 g/mol. The number of aryl methyl sites for hydroxylation is 1. The van der Waals surface area contributed by atoms with Crippen LogP contribution >= 0.6 is 0 Å². The molecule has 0 bridgehead atoms. The van der Waals surface area contributed by atoms with Crippen LogP contribution in [0.5, 0.6) is 0 Å². The zero-order chi connectivity index (χ0) is 10.0. The normalized spacial score (nSPS) is 25.3. The molecule has 0 spiro atoms. The Morgan fingerprint density at radius 1 is 1.36 bits per heavy atom. The van der Waals surface area contributed by atoms with E-state index in [0.29, 0.717) is 26.6 Å². The van der Waals surface area contributed by atoms with Gasteiger partial charge in [0, 0.05) is 0 Å². The van der Waals surface area contributed by atoms with Crippen molar-refractivity contribution in [2.45, 2.75) is 31.6 Å². The Balaban J connectivity index is 2.39. The first-order valence-corrected chi connectivity index (χ1v) is 9.03. The summed E-state index contributed by atoms with van der Waals surface area (Å²) in [6.07, 6.45) is 4.04. The summed E-state index contributed by atoms with van der Waals surface area (Å²) in [7, 11) is 0. The predicted octanol–water partition coefficient (Wildman–Crippen LogP) is -0.000600. The molecule has 1 aromatic rings. The van der Waals surface area contributed by atoms with Crippen LogP contribution in [0.3, 0.4) is 0 Å². The average Bonchev–Trinajstić information content (AvgIpc) is 2.59. The van der Waals surface area contributed by atoms with Crippen LogP contribution in [0.2, 0.25) is 0 Å². The Hall–Kier alpha value is -0.0500. The van der Waals surface area contributed by atoms with Gasteiger partial charge in [0.1, 0.15) is 0 Å². The fourth-order valence-corrected chi connectivity index (χ4v) is 5.41. The molecule has 0 saturated carbocycles. The van der Waals surface area contributed by atoms with Gasteiger partial charge in [-0.15, -0.1) is 0 Å². The minimum absolute atomic E-state index is 0.412. The molecule has 0 aromatic heterocycles. The number of alkyl halides is 2. The molecule has 0 aliphatic heterocycles. The van der Waals surface area contributed by atoms with Crippen molar-refractivity contribution in [1.29, 1.82) is 0 Å². The molecule has 1 unspecified atom stereocenters. The Morgan fingerprint density at radius 2 is 2.14 bits per heavy atom. The number of hydrogen-bond donors (Lipinski definition) is 0. The van der Waals surface area contributed by atoms with E-state index in [9.17, 15) is 0 Å². The molecule has 1 heteroatoms. The maximum atomic E-state index is 2.41. The number of benzene rings is 1. The molecule has 0 nitrogen and oxygen atoms in total. The molecule has 0 radical (unpaired) electrons. The van der Waals surface area contributed by atoms with E-state index in [1.165, 1.54) is 23.7 Å². The van der Waals surface area contributed by atoms with Gasteiger partial charge >= 0.3 is 97.6 Å². The van der Waals surface area contributed by atoms with Gasteiger partial charge in [0.05, 0.1) is 0 Å². The van der Waals surface area contributed by atoms with E-state index in [2.05, 4.69) is 36.1 Å². The third-order valence-electron chi connectivity index (χ3n) is 3.53. The number of hydrogen-bond acceptors (Lipinski definition) is 0. The van der Waals surface area contributed by atoms with E-state index < -0.39 is 0 Å². The second kappa shape index (κ2) is 4.21. The van der Waals surface area contributed by atoms with E-state index in [1.54, 1.807) is 11.1 Å². The van der Waals surface area contributed by atoms with Crippen molar-refractivity contribution in [3.05, 3.63) is 35.4 Å². The zero-order valence-corrected chi connectivity index (χ0v) is 11.2. The molecule has 0 N–H and O–H groups in total. The van der Waals surface area contributed by atoms with Crippen molar-refractivity contribution in [2.75, 3.05) is 9.36 Å². The van der Waals surface area contributed by atoms with Crippen LogP contribution in [-0.2, 0) is 11.8 Å². The molecule has 14 heavy (non-hydrogen) atoms. The van der Waals surface area contributed by atoms with E-state index >= 15 is 0 Å². The minimum atomic E-state index is 0.412. The molecule has 78 valence electrons. The van der Waals surface area contributed by atoms with Gasteiger partial charge in [-0.3, -0.25) is 0 Å². The summed E-state index contributed by atoms with van der Waals surface area (Å²) in [6, 6.07) is 9.08. The molecule has 2 rings (SSSR count). The van der Waals surface area contributed by atoms with Crippen LogP contribution < -0.4 is 21.2 Å². The quantitative estimate of drug-likeness (QED) is 0.545. The third kappa shape index (κ3) is 1.60. The van der Waals surface area contributed by atoms with Crippen molar-refractivity contribution >= 4 is 0 Å². The van der Waals surface area contributed by atoms with Gasteiger partial charge in [-0.25, -0.2) is 0 Å². The van der Waals surface area contributed by atoms with Gasteiger partial charge in [0.25, 0.3) is 0 Å². The van der Waals surface area contributed by atoms with Crippen LogP contribution in [-0.4, -0.2) is 9.36 Å². The number of halogens is 1. The van der Waals surface area contributed by atoms with Gasteiger partial charge in [-0.2, -0.15) is 0 Å². The van der Waals surface area contributed by atoms with Crippen molar-refractivity contribution in [2.24, 2.45) is 0 Å².